The van der Waals surface area contributed by atoms with Gasteiger partial charge in [0, 0.05) is 17.5 Å². The number of unbranched alkanes of at least 4 members (excludes halogenated alkanes) is 4. The van der Waals surface area contributed by atoms with Crippen LogP contribution in [0, 0.1) is 18.8 Å². The summed E-state index contributed by atoms with van der Waals surface area (Å²) in [6.07, 6.45) is 5.96. The molecule has 1 aromatic carbocycles. The van der Waals surface area contributed by atoms with Crippen LogP contribution in [0.5, 0.6) is 0 Å². The lowest BCUT2D eigenvalue weighted by molar-refractivity contribution is 0.679. The van der Waals surface area contributed by atoms with Crippen molar-refractivity contribution < 1.29 is 0 Å². The minimum Gasteiger partial charge on any atom is -0.369 e. The van der Waals surface area contributed by atoms with E-state index in [9.17, 15) is 0 Å². The quantitative estimate of drug-likeness (QED) is 0.244. The van der Waals surface area contributed by atoms with Crippen LogP contribution in [0.2, 0.25) is 0 Å². The predicted molar refractivity (Wildman–Crippen MR) is 116 cm³/mol. The standard InChI is InChI=1S/C21H27N5S/c1-4-5-6-7-8-9-10-17-11-13-18(14-12-17)20-24-15(2)19(27-20)16(3)25-26-21(22)23/h11-14H,4-8H2,1-3H3,(H4,22,23,26)/b25-16+. The summed E-state index contributed by atoms with van der Waals surface area (Å²) in [7, 11) is 0. The van der Waals surface area contributed by atoms with E-state index in [4.69, 9.17) is 11.5 Å². The molecular weight excluding hydrogens is 354 g/mol. The van der Waals surface area contributed by atoms with Crippen molar-refractivity contribution in [3.05, 3.63) is 40.4 Å². The zero-order valence-corrected chi connectivity index (χ0v) is 17.1. The van der Waals surface area contributed by atoms with E-state index >= 15 is 0 Å². The lowest BCUT2D eigenvalue weighted by atomic mass is 10.1. The largest absolute Gasteiger partial charge is 0.369 e. The molecule has 0 radical (unpaired) electrons. The molecule has 6 heteroatoms. The van der Waals surface area contributed by atoms with Gasteiger partial charge in [-0.3, -0.25) is 0 Å². The molecule has 27 heavy (non-hydrogen) atoms. The Morgan fingerprint density at radius 3 is 2.52 bits per heavy atom. The smallest absolute Gasteiger partial charge is 0.211 e. The first-order valence-electron chi connectivity index (χ1n) is 9.21. The highest BCUT2D eigenvalue weighted by atomic mass is 32.1. The average molecular weight is 382 g/mol. The first kappa shape index (κ1) is 20.7. The second kappa shape index (κ2) is 10.5. The number of aromatic nitrogens is 1. The summed E-state index contributed by atoms with van der Waals surface area (Å²) in [5.74, 6) is 6.44. The highest BCUT2D eigenvalue weighted by molar-refractivity contribution is 7.17. The van der Waals surface area contributed by atoms with Gasteiger partial charge in [0.2, 0.25) is 5.96 Å². The third-order valence-corrected chi connectivity index (χ3v) is 5.28. The normalized spacial score (nSPS) is 11.0. The number of thiazole rings is 1. The Labute approximate surface area is 165 Å². The Morgan fingerprint density at radius 1 is 1.11 bits per heavy atom. The molecule has 1 heterocycles. The number of rotatable bonds is 7. The molecule has 0 amide bonds. The van der Waals surface area contributed by atoms with Crippen molar-refractivity contribution in [3.63, 3.8) is 0 Å². The van der Waals surface area contributed by atoms with E-state index in [1.165, 1.54) is 25.7 Å². The Bertz CT molecular complexity index is 862. The summed E-state index contributed by atoms with van der Waals surface area (Å²) >= 11 is 1.58. The van der Waals surface area contributed by atoms with Gasteiger partial charge in [0.05, 0.1) is 16.3 Å². The summed E-state index contributed by atoms with van der Waals surface area (Å²) in [5, 5.41) is 8.70. The lowest BCUT2D eigenvalue weighted by Crippen LogP contribution is -2.22. The second-order valence-electron chi connectivity index (χ2n) is 6.33. The molecule has 0 bridgehead atoms. The Balaban J connectivity index is 2.07. The van der Waals surface area contributed by atoms with Crippen LogP contribution in [0.1, 0.15) is 62.1 Å². The fourth-order valence-electron chi connectivity index (χ4n) is 2.53. The molecule has 0 spiro atoms. The van der Waals surface area contributed by atoms with E-state index < -0.39 is 0 Å². The fraction of sp³-hybridized carbons (Fsp3) is 0.381. The van der Waals surface area contributed by atoms with Crippen LogP contribution in [-0.4, -0.2) is 16.7 Å². The Hall–Kier alpha value is -2.65. The zero-order chi connectivity index (χ0) is 19.6. The van der Waals surface area contributed by atoms with Crippen molar-refractivity contribution in [2.24, 2.45) is 21.7 Å². The van der Waals surface area contributed by atoms with Crippen molar-refractivity contribution in [1.82, 2.24) is 4.98 Å². The Kier molecular flexibility index (Phi) is 8.02. The van der Waals surface area contributed by atoms with E-state index in [0.717, 1.165) is 38.8 Å². The van der Waals surface area contributed by atoms with Crippen molar-refractivity contribution in [2.45, 2.75) is 52.9 Å². The molecule has 0 saturated carbocycles. The number of hydrogen-bond acceptors (Lipinski definition) is 4. The van der Waals surface area contributed by atoms with Crippen LogP contribution in [0.15, 0.2) is 34.5 Å². The van der Waals surface area contributed by atoms with Crippen LogP contribution in [-0.2, 0) is 0 Å². The molecule has 4 N–H and O–H groups in total. The van der Waals surface area contributed by atoms with Gasteiger partial charge in [-0.1, -0.05) is 50.2 Å². The molecule has 0 aliphatic carbocycles. The molecule has 0 aliphatic heterocycles. The maximum Gasteiger partial charge on any atom is 0.211 e. The molecule has 5 nitrogen and oxygen atoms in total. The molecule has 0 saturated heterocycles. The summed E-state index contributed by atoms with van der Waals surface area (Å²) in [5.41, 5.74) is 14.4. The molecule has 1 aromatic heterocycles. The van der Waals surface area contributed by atoms with Gasteiger partial charge in [0.15, 0.2) is 0 Å². The van der Waals surface area contributed by atoms with Gasteiger partial charge in [0.1, 0.15) is 5.01 Å². The van der Waals surface area contributed by atoms with E-state index in [2.05, 4.69) is 46.1 Å². The van der Waals surface area contributed by atoms with Crippen molar-refractivity contribution in [3.8, 4) is 22.4 Å². The van der Waals surface area contributed by atoms with E-state index in [-0.39, 0.29) is 5.96 Å². The number of nitrogens with zero attached hydrogens (tertiary/aromatic N) is 3. The minimum absolute atomic E-state index is 0.0567. The molecule has 142 valence electrons. The van der Waals surface area contributed by atoms with E-state index in [0.29, 0.717) is 0 Å². The van der Waals surface area contributed by atoms with E-state index in [1.807, 2.05) is 26.0 Å². The number of guanidine groups is 1. The zero-order valence-electron chi connectivity index (χ0n) is 16.2. The maximum atomic E-state index is 5.33. The highest BCUT2D eigenvalue weighted by Crippen LogP contribution is 2.28. The number of hydrogen-bond donors (Lipinski definition) is 2. The van der Waals surface area contributed by atoms with Gasteiger partial charge in [-0.15, -0.1) is 16.4 Å². The fourth-order valence-corrected chi connectivity index (χ4v) is 3.55. The summed E-state index contributed by atoms with van der Waals surface area (Å²) in [4.78, 5) is 5.63. The van der Waals surface area contributed by atoms with Crippen molar-refractivity contribution in [2.75, 3.05) is 0 Å². The van der Waals surface area contributed by atoms with Crippen molar-refractivity contribution in [1.29, 1.82) is 0 Å². The van der Waals surface area contributed by atoms with Gasteiger partial charge in [-0.05, 0) is 32.4 Å². The third-order valence-electron chi connectivity index (χ3n) is 3.96. The topological polar surface area (TPSA) is 89.6 Å². The number of benzene rings is 1. The first-order valence-corrected chi connectivity index (χ1v) is 10.0. The molecule has 0 fully saturated rings. The number of aryl methyl sites for hydroxylation is 1. The SMILES string of the molecule is CCCCCCC#Cc1ccc(-c2nc(C)c(/C(C)=N/N=C(N)N)s2)cc1. The van der Waals surface area contributed by atoms with Crippen LogP contribution < -0.4 is 11.5 Å². The van der Waals surface area contributed by atoms with Gasteiger partial charge in [-0.2, -0.15) is 5.10 Å². The molecule has 0 aliphatic rings. The van der Waals surface area contributed by atoms with Gasteiger partial charge in [-0.25, -0.2) is 4.98 Å². The maximum absolute atomic E-state index is 5.33. The van der Waals surface area contributed by atoms with Gasteiger partial charge < -0.3 is 11.5 Å². The molecule has 0 atom stereocenters. The molecular formula is C21H27N5S. The van der Waals surface area contributed by atoms with Crippen LogP contribution in [0.4, 0.5) is 0 Å². The van der Waals surface area contributed by atoms with Crippen molar-refractivity contribution >= 4 is 23.0 Å². The van der Waals surface area contributed by atoms with Crippen LogP contribution in [0.3, 0.4) is 0 Å². The summed E-state index contributed by atoms with van der Waals surface area (Å²) < 4.78 is 0. The first-order chi connectivity index (χ1) is 13.0. The van der Waals surface area contributed by atoms with E-state index in [1.54, 1.807) is 11.3 Å². The summed E-state index contributed by atoms with van der Waals surface area (Å²) in [6.45, 7) is 6.05. The average Bonchev–Trinajstić information content (AvgIpc) is 3.05. The van der Waals surface area contributed by atoms with Crippen LogP contribution >= 0.6 is 11.3 Å². The monoisotopic (exact) mass is 381 g/mol. The number of nitrogens with two attached hydrogens (primary N) is 2. The lowest BCUT2D eigenvalue weighted by Gasteiger charge is -1.97. The third kappa shape index (κ3) is 6.54. The molecule has 2 rings (SSSR count). The predicted octanol–water partition coefficient (Wildman–Crippen LogP) is 4.44. The van der Waals surface area contributed by atoms with Crippen LogP contribution in [0.25, 0.3) is 10.6 Å². The summed E-state index contributed by atoms with van der Waals surface area (Å²) in [6, 6.07) is 8.22. The molecule has 0 unspecified atom stereocenters. The Morgan fingerprint density at radius 2 is 1.85 bits per heavy atom. The highest BCUT2D eigenvalue weighted by Gasteiger charge is 2.12. The molecule has 2 aromatic rings. The van der Waals surface area contributed by atoms with Gasteiger partial charge in [0.25, 0.3) is 0 Å². The second-order valence-corrected chi connectivity index (χ2v) is 7.33. The van der Waals surface area contributed by atoms with Gasteiger partial charge >= 0.3 is 0 Å². The minimum atomic E-state index is -0.0567.